The Hall–Kier alpha value is -1.12. The Morgan fingerprint density at radius 1 is 1.21 bits per heavy atom. The van der Waals surface area contributed by atoms with Gasteiger partial charge in [-0.2, -0.15) is 0 Å². The lowest BCUT2D eigenvalue weighted by molar-refractivity contribution is -0.401. The van der Waals surface area contributed by atoms with Crippen molar-refractivity contribution in [2.45, 2.75) is 24.5 Å². The minimum absolute atomic E-state index is 0.167. The van der Waals surface area contributed by atoms with Gasteiger partial charge in [-0.15, -0.1) is 0 Å². The predicted molar refractivity (Wildman–Crippen MR) is 52.5 cm³/mol. The van der Waals surface area contributed by atoms with Crippen molar-refractivity contribution in [1.82, 2.24) is 0 Å². The van der Waals surface area contributed by atoms with E-state index in [1.807, 2.05) is 18.2 Å². The molecule has 2 aliphatic heterocycles. The molecule has 1 fully saturated rings. The molecule has 0 N–H and O–H groups in total. The Kier molecular flexibility index (Phi) is 1.72. The molecule has 2 heteroatoms. The quantitative estimate of drug-likeness (QED) is 0.498. The molecule has 0 aromatic heterocycles. The summed E-state index contributed by atoms with van der Waals surface area (Å²) in [6.45, 7) is 0. The van der Waals surface area contributed by atoms with Crippen LogP contribution in [0.15, 0.2) is 42.5 Å². The predicted octanol–water partition coefficient (Wildman–Crippen LogP) is 2.56. The van der Waals surface area contributed by atoms with Gasteiger partial charge in [-0.25, -0.2) is 9.78 Å². The molecule has 2 atom stereocenters. The zero-order valence-corrected chi connectivity index (χ0v) is 7.85. The third kappa shape index (κ3) is 1.11. The average Bonchev–Trinajstić information content (AvgIpc) is 2.33. The molecule has 1 aromatic carbocycles. The summed E-state index contributed by atoms with van der Waals surface area (Å²) in [5, 5.41) is 0. The first-order valence-electron chi connectivity index (χ1n) is 4.98. The van der Waals surface area contributed by atoms with Crippen LogP contribution in [0.2, 0.25) is 0 Å². The highest BCUT2D eigenvalue weighted by Gasteiger charge is 2.40. The highest BCUT2D eigenvalue weighted by molar-refractivity contribution is 5.30. The van der Waals surface area contributed by atoms with Crippen LogP contribution in [0.25, 0.3) is 0 Å². The molecule has 4 rings (SSSR count). The third-order valence-corrected chi connectivity index (χ3v) is 2.96. The van der Waals surface area contributed by atoms with Crippen molar-refractivity contribution in [3.05, 3.63) is 48.0 Å². The molecule has 1 aromatic rings. The standard InChI is InChI=1S/C12H12O2/c1-2-4-10(5-3-1)12-8-6-11(7-9-12)13-14-12/h1-6,8,11H,7,9H2/t11-,12-/m1/s1. The Balaban J connectivity index is 2.04. The summed E-state index contributed by atoms with van der Waals surface area (Å²) >= 11 is 0. The zero-order chi connectivity index (χ0) is 9.43. The van der Waals surface area contributed by atoms with Crippen molar-refractivity contribution < 1.29 is 9.78 Å². The van der Waals surface area contributed by atoms with E-state index in [0.717, 1.165) is 12.8 Å². The van der Waals surface area contributed by atoms with Crippen molar-refractivity contribution in [3.63, 3.8) is 0 Å². The maximum atomic E-state index is 5.46. The van der Waals surface area contributed by atoms with Crippen molar-refractivity contribution in [3.8, 4) is 0 Å². The molecule has 3 aliphatic rings. The van der Waals surface area contributed by atoms with Crippen LogP contribution < -0.4 is 0 Å². The van der Waals surface area contributed by atoms with E-state index in [0.29, 0.717) is 0 Å². The summed E-state index contributed by atoms with van der Waals surface area (Å²) in [6, 6.07) is 10.2. The zero-order valence-electron chi connectivity index (χ0n) is 7.85. The Morgan fingerprint density at radius 2 is 2.07 bits per heavy atom. The fraction of sp³-hybridized carbons (Fsp3) is 0.333. The number of benzene rings is 1. The van der Waals surface area contributed by atoms with Crippen LogP contribution in [0.3, 0.4) is 0 Å². The molecule has 0 spiro atoms. The summed E-state index contributed by atoms with van der Waals surface area (Å²) in [4.78, 5) is 10.7. The van der Waals surface area contributed by atoms with Gasteiger partial charge in [0.2, 0.25) is 0 Å². The number of fused-ring (bicyclic) bond motifs is 2. The van der Waals surface area contributed by atoms with Gasteiger partial charge in [0.05, 0.1) is 0 Å². The molecular weight excluding hydrogens is 176 g/mol. The van der Waals surface area contributed by atoms with Gasteiger partial charge in [-0.3, -0.25) is 0 Å². The SMILES string of the molecule is C1=C[C@]2(c3ccccc3)CC[C@@H]1OO2. The lowest BCUT2D eigenvalue weighted by Crippen LogP contribution is -2.39. The van der Waals surface area contributed by atoms with Gasteiger partial charge in [-0.1, -0.05) is 36.4 Å². The maximum Gasteiger partial charge on any atom is 0.147 e. The van der Waals surface area contributed by atoms with E-state index in [1.54, 1.807) is 0 Å². The lowest BCUT2D eigenvalue weighted by Gasteiger charge is -2.40. The Morgan fingerprint density at radius 3 is 2.64 bits per heavy atom. The fourth-order valence-electron chi connectivity index (χ4n) is 2.11. The number of hydrogen-bond acceptors (Lipinski definition) is 2. The third-order valence-electron chi connectivity index (χ3n) is 2.96. The molecule has 14 heavy (non-hydrogen) atoms. The highest BCUT2D eigenvalue weighted by atomic mass is 17.2. The van der Waals surface area contributed by atoms with Crippen molar-refractivity contribution in [2.75, 3.05) is 0 Å². The topological polar surface area (TPSA) is 18.5 Å². The van der Waals surface area contributed by atoms with Crippen LogP contribution in [0.5, 0.6) is 0 Å². The van der Waals surface area contributed by atoms with Crippen LogP contribution in [-0.2, 0) is 15.4 Å². The summed E-state index contributed by atoms with van der Waals surface area (Å²) < 4.78 is 0. The minimum atomic E-state index is -0.323. The number of hydrogen-bond donors (Lipinski definition) is 0. The summed E-state index contributed by atoms with van der Waals surface area (Å²) in [5.41, 5.74) is 0.852. The van der Waals surface area contributed by atoms with Crippen LogP contribution in [0.4, 0.5) is 0 Å². The lowest BCUT2D eigenvalue weighted by atomic mass is 9.83. The molecule has 72 valence electrons. The van der Waals surface area contributed by atoms with Gasteiger partial charge in [0, 0.05) is 0 Å². The smallest absolute Gasteiger partial charge is 0.147 e. The summed E-state index contributed by atoms with van der Waals surface area (Å²) in [7, 11) is 0. The average molecular weight is 188 g/mol. The van der Waals surface area contributed by atoms with Gasteiger partial charge in [0.25, 0.3) is 0 Å². The molecule has 0 radical (unpaired) electrons. The first kappa shape index (κ1) is 8.21. The van der Waals surface area contributed by atoms with Crippen molar-refractivity contribution in [1.29, 1.82) is 0 Å². The van der Waals surface area contributed by atoms with Crippen molar-refractivity contribution >= 4 is 0 Å². The first-order valence-corrected chi connectivity index (χ1v) is 4.98. The molecule has 2 bridgehead atoms. The normalized spacial score (nSPS) is 34.7. The van der Waals surface area contributed by atoms with Crippen LogP contribution >= 0.6 is 0 Å². The fourth-order valence-corrected chi connectivity index (χ4v) is 2.11. The molecule has 0 amide bonds. The van der Waals surface area contributed by atoms with Gasteiger partial charge in [0.15, 0.2) is 0 Å². The molecule has 1 saturated heterocycles. The van der Waals surface area contributed by atoms with Gasteiger partial charge >= 0.3 is 0 Å². The van der Waals surface area contributed by atoms with Crippen LogP contribution in [-0.4, -0.2) is 6.10 Å². The second-order valence-electron chi connectivity index (χ2n) is 3.87. The van der Waals surface area contributed by atoms with E-state index >= 15 is 0 Å². The van der Waals surface area contributed by atoms with Gasteiger partial charge in [0.1, 0.15) is 11.7 Å². The summed E-state index contributed by atoms with van der Waals surface area (Å²) in [6.07, 6.45) is 6.45. The van der Waals surface area contributed by atoms with E-state index in [4.69, 9.17) is 9.78 Å². The largest absolute Gasteiger partial charge is 0.228 e. The number of rotatable bonds is 1. The van der Waals surface area contributed by atoms with Crippen LogP contribution in [0, 0.1) is 0 Å². The van der Waals surface area contributed by atoms with E-state index in [-0.39, 0.29) is 11.7 Å². The molecule has 2 heterocycles. The molecule has 0 unspecified atom stereocenters. The molecule has 2 nitrogen and oxygen atoms in total. The Bertz CT molecular complexity index is 348. The van der Waals surface area contributed by atoms with E-state index in [2.05, 4.69) is 24.3 Å². The van der Waals surface area contributed by atoms with Gasteiger partial charge in [-0.05, 0) is 24.5 Å². The van der Waals surface area contributed by atoms with E-state index < -0.39 is 0 Å². The second-order valence-corrected chi connectivity index (χ2v) is 3.87. The Labute approximate surface area is 83.1 Å². The minimum Gasteiger partial charge on any atom is -0.228 e. The first-order chi connectivity index (χ1) is 6.89. The van der Waals surface area contributed by atoms with E-state index in [9.17, 15) is 0 Å². The molecule has 1 aliphatic carbocycles. The highest BCUT2D eigenvalue weighted by Crippen LogP contribution is 2.41. The maximum absolute atomic E-state index is 5.46. The van der Waals surface area contributed by atoms with Crippen LogP contribution in [0.1, 0.15) is 18.4 Å². The monoisotopic (exact) mass is 188 g/mol. The molecule has 0 saturated carbocycles. The molecular formula is C12H12O2. The summed E-state index contributed by atoms with van der Waals surface area (Å²) in [5.74, 6) is 0. The van der Waals surface area contributed by atoms with E-state index in [1.165, 1.54) is 5.56 Å². The second kappa shape index (κ2) is 2.94. The van der Waals surface area contributed by atoms with Gasteiger partial charge < -0.3 is 0 Å². The van der Waals surface area contributed by atoms with Crippen molar-refractivity contribution in [2.24, 2.45) is 0 Å².